The van der Waals surface area contributed by atoms with Gasteiger partial charge in [-0.1, -0.05) is 12.1 Å². The predicted molar refractivity (Wildman–Crippen MR) is 68.3 cm³/mol. The summed E-state index contributed by atoms with van der Waals surface area (Å²) in [5.41, 5.74) is 5.61. The Bertz CT molecular complexity index is 511. The Morgan fingerprint density at radius 2 is 1.95 bits per heavy atom. The minimum Gasteiger partial charge on any atom is -0.329 e. The van der Waals surface area contributed by atoms with Crippen molar-refractivity contribution in [2.75, 3.05) is 0 Å². The van der Waals surface area contributed by atoms with Gasteiger partial charge in [-0.3, -0.25) is 4.79 Å². The minimum absolute atomic E-state index is 0.131. The van der Waals surface area contributed by atoms with Gasteiger partial charge in [0.2, 0.25) is 5.91 Å². The van der Waals surface area contributed by atoms with Crippen molar-refractivity contribution in [1.29, 1.82) is 0 Å². The molecule has 1 aromatic carbocycles. The highest BCUT2D eigenvalue weighted by molar-refractivity contribution is 5.81. The fraction of sp³-hybridized carbons (Fsp3) is 0.500. The lowest BCUT2D eigenvalue weighted by Gasteiger charge is -2.38. The molecule has 1 aliphatic heterocycles. The summed E-state index contributed by atoms with van der Waals surface area (Å²) in [5.74, 6) is -1.97. The van der Waals surface area contributed by atoms with E-state index in [-0.39, 0.29) is 17.9 Å². The van der Waals surface area contributed by atoms with Crippen LogP contribution in [0.4, 0.5) is 8.78 Å². The van der Waals surface area contributed by atoms with Crippen molar-refractivity contribution in [3.05, 3.63) is 35.4 Å². The van der Waals surface area contributed by atoms with E-state index in [0.717, 1.165) is 6.07 Å². The highest BCUT2D eigenvalue weighted by atomic mass is 19.2. The second-order valence-corrected chi connectivity index (χ2v) is 5.89. The van der Waals surface area contributed by atoms with E-state index in [4.69, 9.17) is 5.73 Å². The molecule has 1 aromatic rings. The van der Waals surface area contributed by atoms with E-state index >= 15 is 0 Å². The molecular weight excluding hydrogens is 250 g/mol. The van der Waals surface area contributed by atoms with Crippen LogP contribution in [0.3, 0.4) is 0 Å². The van der Waals surface area contributed by atoms with E-state index in [0.29, 0.717) is 0 Å². The number of carbonyl (C=O) groups is 1. The van der Waals surface area contributed by atoms with Crippen LogP contribution in [0.1, 0.15) is 38.8 Å². The molecule has 0 aliphatic carbocycles. The lowest BCUT2D eigenvalue weighted by Crippen LogP contribution is -2.45. The quantitative estimate of drug-likeness (QED) is 0.850. The number of hydrogen-bond acceptors (Lipinski definition) is 2. The minimum atomic E-state index is -0.924. The molecule has 2 N–H and O–H groups in total. The Balaban J connectivity index is 2.52. The molecule has 0 bridgehead atoms. The summed E-state index contributed by atoms with van der Waals surface area (Å²) in [6.45, 7) is 5.56. The average molecular weight is 268 g/mol. The fourth-order valence-electron chi connectivity index (χ4n) is 2.67. The SMILES string of the molecule is CC(C)(C)N1C(=O)CC(N)C1c1cccc(F)c1F. The molecule has 1 fully saturated rings. The van der Waals surface area contributed by atoms with E-state index in [1.807, 2.05) is 20.8 Å². The van der Waals surface area contributed by atoms with Gasteiger partial charge in [-0.15, -0.1) is 0 Å². The first-order chi connectivity index (χ1) is 8.73. The van der Waals surface area contributed by atoms with Crippen molar-refractivity contribution >= 4 is 5.91 Å². The zero-order valence-corrected chi connectivity index (χ0v) is 11.3. The number of nitrogens with zero attached hydrogens (tertiary/aromatic N) is 1. The van der Waals surface area contributed by atoms with Crippen molar-refractivity contribution in [3.63, 3.8) is 0 Å². The van der Waals surface area contributed by atoms with Crippen LogP contribution in [0.25, 0.3) is 0 Å². The van der Waals surface area contributed by atoms with Gasteiger partial charge in [0.15, 0.2) is 11.6 Å². The van der Waals surface area contributed by atoms with Gasteiger partial charge in [-0.2, -0.15) is 0 Å². The Hall–Kier alpha value is -1.49. The van der Waals surface area contributed by atoms with Crippen LogP contribution in [-0.2, 0) is 4.79 Å². The van der Waals surface area contributed by atoms with Gasteiger partial charge in [-0.25, -0.2) is 8.78 Å². The monoisotopic (exact) mass is 268 g/mol. The molecule has 0 spiro atoms. The molecule has 1 saturated heterocycles. The number of hydrogen-bond donors (Lipinski definition) is 1. The van der Waals surface area contributed by atoms with Gasteiger partial charge in [0.25, 0.3) is 0 Å². The zero-order chi connectivity index (χ0) is 14.4. The summed E-state index contributed by atoms with van der Waals surface area (Å²) in [4.78, 5) is 13.6. The molecule has 1 heterocycles. The molecule has 0 aromatic heterocycles. The molecule has 104 valence electrons. The third kappa shape index (κ3) is 2.34. The average Bonchev–Trinajstić information content (AvgIpc) is 2.57. The summed E-state index contributed by atoms with van der Waals surface area (Å²) in [6, 6.07) is 2.83. The number of likely N-dealkylation sites (tertiary alicyclic amines) is 1. The summed E-state index contributed by atoms with van der Waals surface area (Å²) < 4.78 is 27.3. The topological polar surface area (TPSA) is 46.3 Å². The first-order valence-electron chi connectivity index (χ1n) is 6.25. The molecule has 5 heteroatoms. The van der Waals surface area contributed by atoms with E-state index in [2.05, 4.69) is 0 Å². The third-order valence-electron chi connectivity index (χ3n) is 3.39. The van der Waals surface area contributed by atoms with Crippen LogP contribution in [0.5, 0.6) is 0 Å². The van der Waals surface area contributed by atoms with E-state index in [1.165, 1.54) is 12.1 Å². The first kappa shape index (κ1) is 13.9. The summed E-state index contributed by atoms with van der Waals surface area (Å²) in [7, 11) is 0. The molecule has 3 nitrogen and oxygen atoms in total. The second-order valence-electron chi connectivity index (χ2n) is 5.89. The van der Waals surface area contributed by atoms with Gasteiger partial charge in [-0.05, 0) is 26.8 Å². The summed E-state index contributed by atoms with van der Waals surface area (Å²) in [5, 5.41) is 0. The molecule has 0 saturated carbocycles. The highest BCUT2D eigenvalue weighted by Gasteiger charge is 2.45. The van der Waals surface area contributed by atoms with Crippen LogP contribution >= 0.6 is 0 Å². The van der Waals surface area contributed by atoms with Gasteiger partial charge in [0, 0.05) is 23.6 Å². The molecule has 0 radical (unpaired) electrons. The van der Waals surface area contributed by atoms with E-state index < -0.39 is 29.3 Å². The summed E-state index contributed by atoms with van der Waals surface area (Å²) in [6.07, 6.45) is 0.151. The normalized spacial score (nSPS) is 24.1. The highest BCUT2D eigenvalue weighted by Crippen LogP contribution is 2.38. The Morgan fingerprint density at radius 1 is 1.32 bits per heavy atom. The molecule has 1 aliphatic rings. The maximum absolute atomic E-state index is 13.9. The molecule has 2 rings (SSSR count). The van der Waals surface area contributed by atoms with E-state index in [9.17, 15) is 13.6 Å². The number of rotatable bonds is 1. The van der Waals surface area contributed by atoms with E-state index in [1.54, 1.807) is 4.90 Å². The summed E-state index contributed by atoms with van der Waals surface area (Å²) >= 11 is 0. The lowest BCUT2D eigenvalue weighted by molar-refractivity contribution is -0.133. The standard InChI is InChI=1S/C14H18F2N2O/c1-14(2,3)18-11(19)7-10(17)13(18)8-5-4-6-9(15)12(8)16/h4-6,10,13H,7,17H2,1-3H3. The third-order valence-corrected chi connectivity index (χ3v) is 3.39. The number of nitrogens with two attached hydrogens (primary N) is 1. The zero-order valence-electron chi connectivity index (χ0n) is 11.3. The molecule has 1 amide bonds. The molecule has 2 unspecified atom stereocenters. The Kier molecular flexibility index (Phi) is 3.34. The predicted octanol–water partition coefficient (Wildman–Crippen LogP) is 2.36. The largest absolute Gasteiger partial charge is 0.329 e. The van der Waals surface area contributed by atoms with Gasteiger partial charge in [0.05, 0.1) is 6.04 Å². The van der Waals surface area contributed by atoms with Crippen molar-refractivity contribution in [2.24, 2.45) is 5.73 Å². The Labute approximate surface area is 111 Å². The maximum Gasteiger partial charge on any atom is 0.225 e. The van der Waals surface area contributed by atoms with Gasteiger partial charge in [0.1, 0.15) is 0 Å². The molecular formula is C14H18F2N2O. The maximum atomic E-state index is 13.9. The second kappa shape index (κ2) is 4.56. The van der Waals surface area contributed by atoms with Crippen LogP contribution in [0.15, 0.2) is 18.2 Å². The van der Waals surface area contributed by atoms with Crippen molar-refractivity contribution in [2.45, 2.75) is 44.8 Å². The van der Waals surface area contributed by atoms with Crippen LogP contribution in [0, 0.1) is 11.6 Å². The smallest absolute Gasteiger partial charge is 0.225 e. The Morgan fingerprint density at radius 3 is 2.53 bits per heavy atom. The number of benzene rings is 1. The van der Waals surface area contributed by atoms with Crippen LogP contribution in [-0.4, -0.2) is 22.4 Å². The van der Waals surface area contributed by atoms with Gasteiger partial charge >= 0.3 is 0 Å². The number of carbonyl (C=O) groups excluding carboxylic acids is 1. The molecule has 2 atom stereocenters. The number of amides is 1. The fourth-order valence-corrected chi connectivity index (χ4v) is 2.67. The van der Waals surface area contributed by atoms with Crippen molar-refractivity contribution in [3.8, 4) is 0 Å². The van der Waals surface area contributed by atoms with Crippen molar-refractivity contribution < 1.29 is 13.6 Å². The van der Waals surface area contributed by atoms with Gasteiger partial charge < -0.3 is 10.6 Å². The number of halogens is 2. The van der Waals surface area contributed by atoms with Crippen molar-refractivity contribution in [1.82, 2.24) is 4.90 Å². The molecule has 19 heavy (non-hydrogen) atoms. The van der Waals surface area contributed by atoms with Crippen LogP contribution < -0.4 is 5.73 Å². The van der Waals surface area contributed by atoms with Crippen LogP contribution in [0.2, 0.25) is 0 Å². The first-order valence-corrected chi connectivity index (χ1v) is 6.25. The lowest BCUT2D eigenvalue weighted by atomic mass is 9.96.